The van der Waals surface area contributed by atoms with Crippen LogP contribution < -0.4 is 0 Å². The normalized spacial score (nSPS) is 65.5. The molecule has 4 aliphatic carbocycles. The van der Waals surface area contributed by atoms with Gasteiger partial charge in [0.15, 0.2) is 0 Å². The average molecular weight is 320 g/mol. The maximum absolute atomic E-state index is 10.6. The van der Waals surface area contributed by atoms with Gasteiger partial charge in [0.1, 0.15) is 0 Å². The predicted molar refractivity (Wildman–Crippen MR) is 87.8 cm³/mol. The smallest absolute Gasteiger partial charge is 0.0954 e. The molecule has 2 N–H and O–H groups in total. The molecule has 9 atom stereocenters. The van der Waals surface area contributed by atoms with Crippen LogP contribution in [0.25, 0.3) is 0 Å². The van der Waals surface area contributed by atoms with Crippen LogP contribution in [0, 0.1) is 34.0 Å². The third-order valence-corrected chi connectivity index (χ3v) is 9.46. The van der Waals surface area contributed by atoms with Crippen LogP contribution in [-0.4, -0.2) is 34.1 Å². The summed E-state index contributed by atoms with van der Waals surface area (Å²) in [5, 5.41) is 21.2. The Morgan fingerprint density at radius 2 is 1.65 bits per heavy atom. The van der Waals surface area contributed by atoms with Crippen LogP contribution in [0.2, 0.25) is 0 Å². The standard InChI is InChI=1S/C20H32O3/c1-17(2)13-7-8-20-9-11(19(4)16(20)23-19)5-6-14(20)18(13,3)10-12(21)15(17)22/h11-16,21-22H,5-10H2,1-4H3. The molecule has 5 fully saturated rings. The van der Waals surface area contributed by atoms with Gasteiger partial charge in [-0.3, -0.25) is 0 Å². The predicted octanol–water partition coefficient (Wildman–Crippen LogP) is 3.13. The summed E-state index contributed by atoms with van der Waals surface area (Å²) in [4.78, 5) is 0. The average Bonchev–Trinajstić information content (AvgIpc) is 3.14. The summed E-state index contributed by atoms with van der Waals surface area (Å²) in [7, 11) is 0. The largest absolute Gasteiger partial charge is 0.390 e. The van der Waals surface area contributed by atoms with Crippen LogP contribution in [0.3, 0.4) is 0 Å². The molecule has 5 aliphatic rings. The highest BCUT2D eigenvalue weighted by atomic mass is 16.6. The van der Waals surface area contributed by atoms with Crippen molar-refractivity contribution in [1.82, 2.24) is 0 Å². The Labute approximate surface area is 139 Å². The Morgan fingerprint density at radius 3 is 2.39 bits per heavy atom. The van der Waals surface area contributed by atoms with Crippen LogP contribution in [-0.2, 0) is 4.74 Å². The Morgan fingerprint density at radius 1 is 0.913 bits per heavy atom. The molecule has 23 heavy (non-hydrogen) atoms. The van der Waals surface area contributed by atoms with E-state index in [-0.39, 0.29) is 16.4 Å². The summed E-state index contributed by atoms with van der Waals surface area (Å²) in [6.07, 6.45) is 6.46. The number of hydrogen-bond acceptors (Lipinski definition) is 3. The van der Waals surface area contributed by atoms with Gasteiger partial charge in [0.25, 0.3) is 0 Å². The summed E-state index contributed by atoms with van der Waals surface area (Å²) in [5.74, 6) is 1.92. The second-order valence-corrected chi connectivity index (χ2v) is 10.6. The molecule has 1 saturated heterocycles. The van der Waals surface area contributed by atoms with Crippen molar-refractivity contribution in [2.75, 3.05) is 0 Å². The van der Waals surface area contributed by atoms with Gasteiger partial charge in [-0.1, -0.05) is 20.8 Å². The maximum atomic E-state index is 10.6. The van der Waals surface area contributed by atoms with E-state index < -0.39 is 12.2 Å². The molecule has 0 aromatic rings. The van der Waals surface area contributed by atoms with Gasteiger partial charge in [-0.25, -0.2) is 0 Å². The lowest BCUT2D eigenvalue weighted by Crippen LogP contribution is -2.64. The molecule has 0 aromatic carbocycles. The lowest BCUT2D eigenvalue weighted by atomic mass is 9.40. The zero-order valence-corrected chi connectivity index (χ0v) is 15.0. The van der Waals surface area contributed by atoms with Crippen molar-refractivity contribution in [1.29, 1.82) is 0 Å². The molecule has 1 spiro atoms. The van der Waals surface area contributed by atoms with Crippen LogP contribution >= 0.6 is 0 Å². The molecule has 2 bridgehead atoms. The van der Waals surface area contributed by atoms with E-state index in [0.29, 0.717) is 23.4 Å². The van der Waals surface area contributed by atoms with E-state index in [2.05, 4.69) is 27.7 Å². The van der Waals surface area contributed by atoms with E-state index >= 15 is 0 Å². The highest BCUT2D eigenvalue weighted by Crippen LogP contribution is 2.77. The first-order chi connectivity index (χ1) is 10.7. The van der Waals surface area contributed by atoms with Crippen molar-refractivity contribution in [3.63, 3.8) is 0 Å². The zero-order valence-electron chi connectivity index (χ0n) is 15.0. The van der Waals surface area contributed by atoms with Crippen LogP contribution in [0.5, 0.6) is 0 Å². The van der Waals surface area contributed by atoms with Crippen molar-refractivity contribution < 1.29 is 14.9 Å². The van der Waals surface area contributed by atoms with Gasteiger partial charge >= 0.3 is 0 Å². The fourth-order valence-electron chi connectivity index (χ4n) is 8.51. The third-order valence-electron chi connectivity index (χ3n) is 9.46. The Kier molecular flexibility index (Phi) is 2.63. The molecule has 5 rings (SSSR count). The third kappa shape index (κ3) is 1.50. The van der Waals surface area contributed by atoms with Crippen LogP contribution in [0.4, 0.5) is 0 Å². The maximum Gasteiger partial charge on any atom is 0.0954 e. The first-order valence-electron chi connectivity index (χ1n) is 9.70. The highest BCUT2D eigenvalue weighted by Gasteiger charge is 2.79. The second-order valence-electron chi connectivity index (χ2n) is 10.6. The Bertz CT molecular complexity index is 559. The molecular formula is C20H32O3. The van der Waals surface area contributed by atoms with Gasteiger partial charge in [-0.2, -0.15) is 0 Å². The molecule has 3 heteroatoms. The SMILES string of the molecule is CC1(C)C(O)C(O)CC2(C)C1CCC13CC(CCC21)C1(C)OC31. The van der Waals surface area contributed by atoms with Gasteiger partial charge in [0.2, 0.25) is 0 Å². The minimum absolute atomic E-state index is 0.141. The number of aliphatic hydroxyl groups excluding tert-OH is 2. The van der Waals surface area contributed by atoms with E-state index in [1.54, 1.807) is 0 Å². The van der Waals surface area contributed by atoms with Gasteiger partial charge in [0, 0.05) is 5.41 Å². The van der Waals surface area contributed by atoms with Gasteiger partial charge in [0.05, 0.1) is 23.9 Å². The van der Waals surface area contributed by atoms with Crippen molar-refractivity contribution in [2.24, 2.45) is 34.0 Å². The Hall–Kier alpha value is -0.120. The number of epoxide rings is 1. The number of rotatable bonds is 0. The summed E-state index contributed by atoms with van der Waals surface area (Å²) in [5.41, 5.74) is 0.473. The molecule has 0 radical (unpaired) electrons. The molecular weight excluding hydrogens is 288 g/mol. The highest BCUT2D eigenvalue weighted by molar-refractivity contribution is 5.27. The molecule has 4 saturated carbocycles. The quantitative estimate of drug-likeness (QED) is 0.674. The van der Waals surface area contributed by atoms with E-state index in [1.165, 1.54) is 32.1 Å². The van der Waals surface area contributed by atoms with E-state index in [9.17, 15) is 10.2 Å². The summed E-state index contributed by atoms with van der Waals surface area (Å²) in [6.45, 7) is 9.13. The monoisotopic (exact) mass is 320 g/mol. The lowest BCUT2D eigenvalue weighted by Gasteiger charge is -2.65. The first-order valence-corrected chi connectivity index (χ1v) is 9.70. The zero-order chi connectivity index (χ0) is 16.4. The van der Waals surface area contributed by atoms with E-state index in [1.807, 2.05) is 0 Å². The molecule has 0 aromatic heterocycles. The summed E-state index contributed by atoms with van der Waals surface area (Å²) in [6, 6.07) is 0. The molecule has 3 nitrogen and oxygen atoms in total. The number of ether oxygens (including phenoxy) is 1. The number of fused-ring (bicyclic) bond motifs is 5. The van der Waals surface area contributed by atoms with Crippen molar-refractivity contribution >= 4 is 0 Å². The molecule has 0 amide bonds. The Balaban J connectivity index is 1.59. The van der Waals surface area contributed by atoms with Crippen LogP contribution in [0.1, 0.15) is 66.2 Å². The topological polar surface area (TPSA) is 53.0 Å². The van der Waals surface area contributed by atoms with E-state index in [0.717, 1.165) is 12.3 Å². The summed E-state index contributed by atoms with van der Waals surface area (Å²) < 4.78 is 6.28. The number of aliphatic hydroxyl groups is 2. The minimum atomic E-state index is -0.586. The fraction of sp³-hybridized carbons (Fsp3) is 1.00. The molecule has 1 aliphatic heterocycles. The van der Waals surface area contributed by atoms with Gasteiger partial charge < -0.3 is 14.9 Å². The fourth-order valence-corrected chi connectivity index (χ4v) is 8.51. The van der Waals surface area contributed by atoms with Crippen molar-refractivity contribution in [2.45, 2.75) is 90.1 Å². The van der Waals surface area contributed by atoms with Crippen molar-refractivity contribution in [3.05, 3.63) is 0 Å². The molecule has 130 valence electrons. The first kappa shape index (κ1) is 15.2. The molecule has 1 heterocycles. The second kappa shape index (κ2) is 3.99. The van der Waals surface area contributed by atoms with Gasteiger partial charge in [-0.05, 0) is 74.0 Å². The lowest BCUT2D eigenvalue weighted by molar-refractivity contribution is -0.224. The van der Waals surface area contributed by atoms with Gasteiger partial charge in [-0.15, -0.1) is 0 Å². The molecule has 9 unspecified atom stereocenters. The van der Waals surface area contributed by atoms with E-state index in [4.69, 9.17) is 4.74 Å². The van der Waals surface area contributed by atoms with Crippen LogP contribution in [0.15, 0.2) is 0 Å². The van der Waals surface area contributed by atoms with Crippen molar-refractivity contribution in [3.8, 4) is 0 Å². The summed E-state index contributed by atoms with van der Waals surface area (Å²) >= 11 is 0. The minimum Gasteiger partial charge on any atom is -0.390 e. The number of hydrogen-bond donors (Lipinski definition) is 2.